The number of nitrogens with one attached hydrogen (secondary N) is 1. The van der Waals surface area contributed by atoms with E-state index in [0.29, 0.717) is 0 Å². The van der Waals surface area contributed by atoms with Gasteiger partial charge in [0.2, 0.25) is 5.91 Å². The second-order valence-electron chi connectivity index (χ2n) is 2.12. The number of unbranched alkanes of at least 4 members (excludes halogenated alkanes) is 2. The molecule has 0 saturated heterocycles. The quantitative estimate of drug-likeness (QED) is 0.359. The van der Waals surface area contributed by atoms with Crippen LogP contribution in [0.5, 0.6) is 0 Å². The van der Waals surface area contributed by atoms with Crippen molar-refractivity contribution >= 4 is 12.1 Å². The fraction of sp³-hybridized carbons (Fsp3) is 0.714. The Kier molecular flexibility index (Phi) is 5.72. The standard InChI is InChI=1S/C7H14N2O/c1-3-4-5-6-8-9-7(2)10/h6H,3-5H2,1-2H3,(H,9,10)/b8-6+. The van der Waals surface area contributed by atoms with Crippen LogP contribution < -0.4 is 5.43 Å². The lowest BCUT2D eigenvalue weighted by Gasteiger charge is -1.90. The van der Waals surface area contributed by atoms with Crippen LogP contribution in [0.1, 0.15) is 33.1 Å². The Morgan fingerprint density at radius 2 is 2.40 bits per heavy atom. The van der Waals surface area contributed by atoms with Gasteiger partial charge in [0.25, 0.3) is 0 Å². The number of carbonyl (C=O) groups excluding carboxylic acids is 1. The molecule has 0 aromatic rings. The molecule has 0 atom stereocenters. The minimum atomic E-state index is -0.118. The molecule has 58 valence electrons. The maximum atomic E-state index is 10.3. The van der Waals surface area contributed by atoms with E-state index in [2.05, 4.69) is 17.5 Å². The van der Waals surface area contributed by atoms with E-state index in [0.717, 1.165) is 19.3 Å². The van der Waals surface area contributed by atoms with E-state index in [1.54, 1.807) is 6.21 Å². The van der Waals surface area contributed by atoms with Gasteiger partial charge < -0.3 is 0 Å². The zero-order valence-electron chi connectivity index (χ0n) is 6.55. The van der Waals surface area contributed by atoms with E-state index < -0.39 is 0 Å². The van der Waals surface area contributed by atoms with Gasteiger partial charge >= 0.3 is 0 Å². The van der Waals surface area contributed by atoms with Crippen LogP contribution in [0.25, 0.3) is 0 Å². The zero-order chi connectivity index (χ0) is 7.82. The van der Waals surface area contributed by atoms with Crippen molar-refractivity contribution in [3.8, 4) is 0 Å². The molecule has 1 N–H and O–H groups in total. The van der Waals surface area contributed by atoms with Crippen LogP contribution in [-0.4, -0.2) is 12.1 Å². The van der Waals surface area contributed by atoms with E-state index in [4.69, 9.17) is 0 Å². The second-order valence-corrected chi connectivity index (χ2v) is 2.12. The van der Waals surface area contributed by atoms with Crippen LogP contribution >= 0.6 is 0 Å². The first-order valence-corrected chi connectivity index (χ1v) is 3.55. The normalized spacial score (nSPS) is 10.2. The van der Waals surface area contributed by atoms with Gasteiger partial charge in [0.15, 0.2) is 0 Å². The van der Waals surface area contributed by atoms with E-state index in [-0.39, 0.29) is 5.91 Å². The molecular weight excluding hydrogens is 128 g/mol. The third-order valence-electron chi connectivity index (χ3n) is 1.00. The Labute approximate surface area is 61.5 Å². The van der Waals surface area contributed by atoms with Crippen molar-refractivity contribution in [1.82, 2.24) is 5.43 Å². The summed E-state index contributed by atoms with van der Waals surface area (Å²) in [5.41, 5.74) is 2.33. The number of amides is 1. The Hall–Kier alpha value is -0.860. The molecule has 0 rings (SSSR count). The van der Waals surface area contributed by atoms with Gasteiger partial charge in [-0.15, -0.1) is 0 Å². The Morgan fingerprint density at radius 1 is 1.70 bits per heavy atom. The lowest BCUT2D eigenvalue weighted by molar-refractivity contribution is -0.118. The summed E-state index contributed by atoms with van der Waals surface area (Å²) in [5.74, 6) is -0.118. The van der Waals surface area contributed by atoms with Crippen LogP contribution in [-0.2, 0) is 4.79 Å². The van der Waals surface area contributed by atoms with Gasteiger partial charge in [-0.1, -0.05) is 13.3 Å². The van der Waals surface area contributed by atoms with Gasteiger partial charge in [-0.25, -0.2) is 5.43 Å². The van der Waals surface area contributed by atoms with E-state index in [9.17, 15) is 4.79 Å². The molecule has 0 aliphatic carbocycles. The highest BCUT2D eigenvalue weighted by atomic mass is 16.2. The summed E-state index contributed by atoms with van der Waals surface area (Å²) in [5, 5.41) is 3.68. The third-order valence-corrected chi connectivity index (χ3v) is 1.00. The van der Waals surface area contributed by atoms with Crippen LogP contribution in [0, 0.1) is 0 Å². The van der Waals surface area contributed by atoms with E-state index in [1.807, 2.05) is 0 Å². The first-order valence-electron chi connectivity index (χ1n) is 3.55. The van der Waals surface area contributed by atoms with Crippen LogP contribution in [0.2, 0.25) is 0 Å². The lowest BCUT2D eigenvalue weighted by atomic mass is 10.3. The Morgan fingerprint density at radius 3 is 2.90 bits per heavy atom. The number of carbonyl (C=O) groups is 1. The van der Waals surface area contributed by atoms with Crippen LogP contribution in [0.3, 0.4) is 0 Å². The predicted octanol–water partition coefficient (Wildman–Crippen LogP) is 1.30. The molecule has 0 aliphatic heterocycles. The van der Waals surface area contributed by atoms with Crippen molar-refractivity contribution < 1.29 is 4.79 Å². The topological polar surface area (TPSA) is 41.5 Å². The molecule has 0 spiro atoms. The molecule has 3 nitrogen and oxygen atoms in total. The highest BCUT2D eigenvalue weighted by Crippen LogP contribution is 1.88. The molecule has 0 fully saturated rings. The minimum Gasteiger partial charge on any atom is -0.274 e. The molecule has 0 bridgehead atoms. The molecule has 0 unspecified atom stereocenters. The number of hydrogen-bond donors (Lipinski definition) is 1. The predicted molar refractivity (Wildman–Crippen MR) is 41.8 cm³/mol. The summed E-state index contributed by atoms with van der Waals surface area (Å²) in [7, 11) is 0. The summed E-state index contributed by atoms with van der Waals surface area (Å²) < 4.78 is 0. The fourth-order valence-corrected chi connectivity index (χ4v) is 0.497. The fourth-order valence-electron chi connectivity index (χ4n) is 0.497. The molecule has 0 saturated carbocycles. The Balaban J connectivity index is 3.12. The van der Waals surface area contributed by atoms with E-state index in [1.165, 1.54) is 6.92 Å². The molecule has 0 aliphatic rings. The zero-order valence-corrected chi connectivity index (χ0v) is 6.55. The molecule has 10 heavy (non-hydrogen) atoms. The number of hydrogen-bond acceptors (Lipinski definition) is 2. The first kappa shape index (κ1) is 9.14. The maximum absolute atomic E-state index is 10.3. The van der Waals surface area contributed by atoms with Crippen molar-refractivity contribution in [2.24, 2.45) is 5.10 Å². The largest absolute Gasteiger partial charge is 0.274 e. The maximum Gasteiger partial charge on any atom is 0.236 e. The number of hydrazone groups is 1. The monoisotopic (exact) mass is 142 g/mol. The van der Waals surface area contributed by atoms with Crippen molar-refractivity contribution in [3.05, 3.63) is 0 Å². The van der Waals surface area contributed by atoms with Gasteiger partial charge in [-0.3, -0.25) is 4.79 Å². The van der Waals surface area contributed by atoms with Crippen LogP contribution in [0.15, 0.2) is 5.10 Å². The highest BCUT2D eigenvalue weighted by Gasteiger charge is 1.82. The molecule has 0 aromatic heterocycles. The van der Waals surface area contributed by atoms with Crippen molar-refractivity contribution in [2.45, 2.75) is 33.1 Å². The van der Waals surface area contributed by atoms with Crippen LogP contribution in [0.4, 0.5) is 0 Å². The summed E-state index contributed by atoms with van der Waals surface area (Å²) in [6, 6.07) is 0. The van der Waals surface area contributed by atoms with Gasteiger partial charge in [0, 0.05) is 13.1 Å². The van der Waals surface area contributed by atoms with Gasteiger partial charge in [-0.05, 0) is 12.8 Å². The Bertz CT molecular complexity index is 121. The van der Waals surface area contributed by atoms with Gasteiger partial charge in [0.1, 0.15) is 0 Å². The molecule has 1 amide bonds. The summed E-state index contributed by atoms with van der Waals surface area (Å²) >= 11 is 0. The summed E-state index contributed by atoms with van der Waals surface area (Å²) in [6.07, 6.45) is 4.96. The molecular formula is C7H14N2O. The second kappa shape index (κ2) is 6.26. The van der Waals surface area contributed by atoms with Gasteiger partial charge in [-0.2, -0.15) is 5.10 Å². The van der Waals surface area contributed by atoms with Crippen molar-refractivity contribution in [1.29, 1.82) is 0 Å². The molecule has 0 radical (unpaired) electrons. The highest BCUT2D eigenvalue weighted by molar-refractivity contribution is 5.73. The van der Waals surface area contributed by atoms with Crippen molar-refractivity contribution in [3.63, 3.8) is 0 Å². The minimum absolute atomic E-state index is 0.118. The number of rotatable bonds is 4. The van der Waals surface area contributed by atoms with Gasteiger partial charge in [0.05, 0.1) is 0 Å². The van der Waals surface area contributed by atoms with Crippen molar-refractivity contribution in [2.75, 3.05) is 0 Å². The molecule has 0 heterocycles. The molecule has 3 heteroatoms. The number of nitrogens with zero attached hydrogens (tertiary/aromatic N) is 1. The first-order chi connectivity index (χ1) is 4.77. The molecule has 0 aromatic carbocycles. The summed E-state index contributed by atoms with van der Waals surface area (Å²) in [4.78, 5) is 10.3. The summed E-state index contributed by atoms with van der Waals surface area (Å²) in [6.45, 7) is 3.56. The SMILES string of the molecule is CCCC/C=N/NC(C)=O. The lowest BCUT2D eigenvalue weighted by Crippen LogP contribution is -2.11. The average molecular weight is 142 g/mol. The third kappa shape index (κ3) is 7.14. The van der Waals surface area contributed by atoms with E-state index >= 15 is 0 Å². The average Bonchev–Trinajstić information content (AvgIpc) is 1.87. The smallest absolute Gasteiger partial charge is 0.236 e.